The van der Waals surface area contributed by atoms with E-state index in [1.165, 1.54) is 4.90 Å². The maximum Gasteiger partial charge on any atom is 0.256 e. The lowest BCUT2D eigenvalue weighted by molar-refractivity contribution is 0.123. The topological polar surface area (TPSA) is 21.7 Å². The average Bonchev–Trinajstić information content (AvgIpc) is 2.56. The second kappa shape index (κ2) is 8.85. The summed E-state index contributed by atoms with van der Waals surface area (Å²) in [5.41, 5.74) is 1.80. The van der Waals surface area contributed by atoms with Crippen molar-refractivity contribution in [2.24, 2.45) is 0 Å². The van der Waals surface area contributed by atoms with Crippen LogP contribution in [0, 0.1) is 0 Å². The number of ether oxygens (including phenoxy) is 2. The molecule has 1 aliphatic rings. The van der Waals surface area contributed by atoms with Crippen molar-refractivity contribution in [1.29, 1.82) is 0 Å². The lowest BCUT2D eigenvalue weighted by atomic mass is 10.1. The van der Waals surface area contributed by atoms with E-state index in [1.807, 2.05) is 24.3 Å². The summed E-state index contributed by atoms with van der Waals surface area (Å²) in [5.74, 6) is 0.721. The van der Waals surface area contributed by atoms with Crippen molar-refractivity contribution in [2.45, 2.75) is 12.8 Å². The summed E-state index contributed by atoms with van der Waals surface area (Å²) >= 11 is 6.01. The van der Waals surface area contributed by atoms with Crippen LogP contribution in [0.4, 0.5) is 8.78 Å². The van der Waals surface area contributed by atoms with E-state index in [2.05, 4.69) is 6.58 Å². The quantitative estimate of drug-likeness (QED) is 0.633. The fourth-order valence-electron chi connectivity index (χ4n) is 2.33. The molecule has 0 atom stereocenters. The van der Waals surface area contributed by atoms with E-state index in [-0.39, 0.29) is 0 Å². The Bertz CT molecular complexity index is 626. The minimum atomic E-state index is -2.49. The molecule has 24 heavy (non-hydrogen) atoms. The summed E-state index contributed by atoms with van der Waals surface area (Å²) in [6, 6.07) is 7.28. The number of alkyl halides is 2. The normalized spacial score (nSPS) is 14.7. The van der Waals surface area contributed by atoms with Gasteiger partial charge in [-0.2, -0.15) is 0 Å². The molecule has 1 heterocycles. The first-order chi connectivity index (χ1) is 11.5. The maximum atomic E-state index is 12.9. The van der Waals surface area contributed by atoms with E-state index in [0.717, 1.165) is 17.7 Å². The number of hydrogen-bond acceptors (Lipinski definition) is 3. The van der Waals surface area contributed by atoms with Crippen LogP contribution < -0.4 is 4.74 Å². The average molecular weight is 356 g/mol. The second-order valence-electron chi connectivity index (χ2n) is 5.23. The molecule has 6 heteroatoms. The van der Waals surface area contributed by atoms with E-state index in [9.17, 15) is 8.78 Å². The molecule has 0 N–H and O–H groups in total. The third-order valence-electron chi connectivity index (χ3n) is 3.51. The van der Waals surface area contributed by atoms with E-state index >= 15 is 0 Å². The van der Waals surface area contributed by atoms with Crippen LogP contribution in [-0.2, 0) is 4.74 Å². The molecule has 0 saturated carbocycles. The molecule has 1 aliphatic heterocycles. The Kier molecular flexibility index (Phi) is 6.82. The van der Waals surface area contributed by atoms with E-state index < -0.39 is 13.0 Å². The van der Waals surface area contributed by atoms with Crippen LogP contribution in [0.5, 0.6) is 5.75 Å². The van der Waals surface area contributed by atoms with Crippen LogP contribution in [0.25, 0.3) is 5.70 Å². The van der Waals surface area contributed by atoms with E-state index in [1.54, 1.807) is 19.3 Å². The summed E-state index contributed by atoms with van der Waals surface area (Å²) in [6.45, 7) is 4.54. The van der Waals surface area contributed by atoms with Crippen molar-refractivity contribution in [1.82, 2.24) is 4.90 Å². The highest BCUT2D eigenvalue weighted by Gasteiger charge is 2.23. The molecule has 0 fully saturated rings. The monoisotopic (exact) mass is 355 g/mol. The molecular formula is C18H20ClF2NO2. The van der Waals surface area contributed by atoms with Gasteiger partial charge in [0, 0.05) is 25.8 Å². The van der Waals surface area contributed by atoms with Gasteiger partial charge in [-0.25, -0.2) is 8.78 Å². The molecule has 0 radical (unpaired) electrons. The third-order valence-corrected chi connectivity index (χ3v) is 3.86. The van der Waals surface area contributed by atoms with Crippen LogP contribution in [0.2, 0.25) is 0 Å². The summed E-state index contributed by atoms with van der Waals surface area (Å²) < 4.78 is 36.3. The van der Waals surface area contributed by atoms with Crippen LogP contribution in [-0.4, -0.2) is 38.2 Å². The van der Waals surface area contributed by atoms with Crippen LogP contribution in [0.15, 0.2) is 53.7 Å². The molecule has 1 aromatic carbocycles. The van der Waals surface area contributed by atoms with Crippen molar-refractivity contribution >= 4 is 17.3 Å². The summed E-state index contributed by atoms with van der Waals surface area (Å²) in [6.07, 6.45) is 1.69. The largest absolute Gasteiger partial charge is 0.494 e. The number of nitrogens with zero attached hydrogens (tertiary/aromatic N) is 1. The van der Waals surface area contributed by atoms with Crippen LogP contribution >= 0.6 is 11.6 Å². The Balaban J connectivity index is 2.12. The van der Waals surface area contributed by atoms with Crippen LogP contribution in [0.3, 0.4) is 0 Å². The fraction of sp³-hybridized carbons (Fsp3) is 0.333. The van der Waals surface area contributed by atoms with Crippen molar-refractivity contribution in [3.8, 4) is 5.75 Å². The predicted octanol–water partition coefficient (Wildman–Crippen LogP) is 4.66. The lowest BCUT2D eigenvalue weighted by Crippen LogP contribution is -2.28. The summed E-state index contributed by atoms with van der Waals surface area (Å²) in [5, 5.41) is 0.359. The Labute approximate surface area is 145 Å². The Hall–Kier alpha value is -1.85. The molecule has 130 valence electrons. The highest BCUT2D eigenvalue weighted by atomic mass is 35.5. The fourth-order valence-corrected chi connectivity index (χ4v) is 2.49. The zero-order chi connectivity index (χ0) is 17.5. The summed E-state index contributed by atoms with van der Waals surface area (Å²) in [4.78, 5) is 1.43. The molecule has 0 aromatic heterocycles. The van der Waals surface area contributed by atoms with Crippen LogP contribution in [0.1, 0.15) is 12.0 Å². The molecule has 0 saturated heterocycles. The van der Waals surface area contributed by atoms with Crippen molar-refractivity contribution in [2.75, 3.05) is 26.9 Å². The highest BCUT2D eigenvalue weighted by Crippen LogP contribution is 2.33. The molecule has 0 aliphatic carbocycles. The van der Waals surface area contributed by atoms with Gasteiger partial charge in [-0.1, -0.05) is 18.2 Å². The number of methoxy groups -OCH3 is 1. The molecule has 0 bridgehead atoms. The van der Waals surface area contributed by atoms with E-state index in [0.29, 0.717) is 29.6 Å². The van der Waals surface area contributed by atoms with E-state index in [4.69, 9.17) is 21.1 Å². The molecule has 3 nitrogen and oxygen atoms in total. The maximum absolute atomic E-state index is 12.9. The number of hydrogen-bond donors (Lipinski definition) is 0. The minimum Gasteiger partial charge on any atom is -0.494 e. The van der Waals surface area contributed by atoms with Gasteiger partial charge < -0.3 is 14.4 Å². The van der Waals surface area contributed by atoms with Crippen molar-refractivity contribution in [3.63, 3.8) is 0 Å². The minimum absolute atomic E-state index is 0.359. The molecule has 1 aromatic rings. The molecule has 2 rings (SSSR count). The molecule has 0 amide bonds. The SMILES string of the molecule is C=C1C(Cl)=CC=C(c2ccc(OCCCOC)cc2)N1CC(F)F. The van der Waals surface area contributed by atoms with Crippen molar-refractivity contribution < 1.29 is 18.3 Å². The number of rotatable bonds is 8. The van der Waals surface area contributed by atoms with Crippen molar-refractivity contribution in [3.05, 3.63) is 59.3 Å². The van der Waals surface area contributed by atoms with Gasteiger partial charge in [0.25, 0.3) is 6.43 Å². The number of halogens is 3. The Morgan fingerprint density at radius 1 is 1.17 bits per heavy atom. The highest BCUT2D eigenvalue weighted by molar-refractivity contribution is 6.32. The Morgan fingerprint density at radius 3 is 2.50 bits per heavy atom. The first-order valence-corrected chi connectivity index (χ1v) is 7.95. The van der Waals surface area contributed by atoms with Gasteiger partial charge in [-0.15, -0.1) is 0 Å². The second-order valence-corrected chi connectivity index (χ2v) is 5.64. The third kappa shape index (κ3) is 4.82. The molecule has 0 spiro atoms. The number of benzene rings is 1. The first kappa shape index (κ1) is 18.5. The Morgan fingerprint density at radius 2 is 1.88 bits per heavy atom. The lowest BCUT2D eigenvalue weighted by Gasteiger charge is -2.31. The van der Waals surface area contributed by atoms with Gasteiger partial charge in [0.05, 0.1) is 23.9 Å². The van der Waals surface area contributed by atoms with Gasteiger partial charge in [0.1, 0.15) is 5.75 Å². The standard InChI is InChI=1S/C18H20ClF2NO2/c1-13-16(19)8-9-17(22(13)12-18(20)21)14-4-6-15(7-5-14)24-11-3-10-23-2/h4-9,18H,1,3,10-12H2,2H3. The van der Waals surface area contributed by atoms with Gasteiger partial charge in [-0.05, 0) is 42.0 Å². The van der Waals surface area contributed by atoms with Gasteiger partial charge >= 0.3 is 0 Å². The van der Waals surface area contributed by atoms with Gasteiger partial charge in [0.15, 0.2) is 0 Å². The van der Waals surface area contributed by atoms with Gasteiger partial charge in [-0.3, -0.25) is 0 Å². The smallest absolute Gasteiger partial charge is 0.256 e. The zero-order valence-electron chi connectivity index (χ0n) is 13.5. The predicted molar refractivity (Wildman–Crippen MR) is 92.2 cm³/mol. The number of allylic oxidation sites excluding steroid dienone is 3. The van der Waals surface area contributed by atoms with Gasteiger partial charge in [0.2, 0.25) is 0 Å². The molecule has 0 unspecified atom stereocenters. The first-order valence-electron chi connectivity index (χ1n) is 7.57. The summed E-state index contributed by atoms with van der Waals surface area (Å²) in [7, 11) is 1.65. The zero-order valence-corrected chi connectivity index (χ0v) is 14.2. The molecular weight excluding hydrogens is 336 g/mol.